The molecule has 0 bridgehead atoms. The van der Waals surface area contributed by atoms with Crippen molar-refractivity contribution in [2.45, 2.75) is 38.6 Å². The number of amides is 1. The number of aliphatic carboxylic acids is 1. The van der Waals surface area contributed by atoms with Crippen molar-refractivity contribution in [1.29, 1.82) is 0 Å². The van der Waals surface area contributed by atoms with E-state index in [1.54, 1.807) is 7.05 Å². The number of nitrogens with zero attached hydrogens (tertiary/aromatic N) is 3. The molecule has 158 valence electrons. The molecule has 0 unspecified atom stereocenters. The van der Waals surface area contributed by atoms with Gasteiger partial charge in [0.05, 0.1) is 18.8 Å². The van der Waals surface area contributed by atoms with E-state index in [0.717, 1.165) is 37.7 Å². The summed E-state index contributed by atoms with van der Waals surface area (Å²) in [7, 11) is 3.68. The first-order valence-corrected chi connectivity index (χ1v) is 8.96. The lowest BCUT2D eigenvalue weighted by molar-refractivity contribution is -0.192. The molecule has 0 atom stereocenters. The van der Waals surface area contributed by atoms with Crippen molar-refractivity contribution in [3.8, 4) is 0 Å². The highest BCUT2D eigenvalue weighted by Crippen LogP contribution is 2.29. The fourth-order valence-corrected chi connectivity index (χ4v) is 2.87. The Balaban J connectivity index is 0.000000345. The van der Waals surface area contributed by atoms with Crippen LogP contribution in [-0.4, -0.2) is 64.6 Å². The van der Waals surface area contributed by atoms with Gasteiger partial charge in [-0.1, -0.05) is 0 Å². The number of halogens is 3. The van der Waals surface area contributed by atoms with Gasteiger partial charge in [-0.2, -0.15) is 18.3 Å². The van der Waals surface area contributed by atoms with Crippen LogP contribution in [0.15, 0.2) is 0 Å². The zero-order valence-corrected chi connectivity index (χ0v) is 15.9. The van der Waals surface area contributed by atoms with Crippen molar-refractivity contribution >= 4 is 11.9 Å². The Labute approximate surface area is 160 Å². The molecule has 1 aliphatic heterocycles. The molecule has 0 aromatic carbocycles. The Morgan fingerprint density at radius 2 is 2.00 bits per heavy atom. The molecule has 2 N–H and O–H groups in total. The first-order chi connectivity index (χ1) is 13.1. The number of alkyl halides is 3. The second-order valence-corrected chi connectivity index (χ2v) is 6.89. The molecule has 1 aromatic heterocycles. The number of carboxylic acids is 1. The average Bonchev–Trinajstić information content (AvgIpc) is 3.39. The fraction of sp³-hybridized carbons (Fsp3) is 0.706. The van der Waals surface area contributed by atoms with Crippen molar-refractivity contribution in [2.75, 3.05) is 26.7 Å². The normalized spacial score (nSPS) is 16.8. The van der Waals surface area contributed by atoms with Gasteiger partial charge in [0.15, 0.2) is 0 Å². The summed E-state index contributed by atoms with van der Waals surface area (Å²) in [6, 6.07) is 0. The number of ether oxygens (including phenoxy) is 1. The number of carbonyl (C=O) groups excluding carboxylic acids is 1. The van der Waals surface area contributed by atoms with Gasteiger partial charge in [-0.25, -0.2) is 4.79 Å². The number of likely N-dealkylation sites (N-methyl/N-ethyl adjacent to an activating group) is 1. The van der Waals surface area contributed by atoms with Gasteiger partial charge >= 0.3 is 12.1 Å². The summed E-state index contributed by atoms with van der Waals surface area (Å²) in [5.74, 6) is -1.92. The number of carbonyl (C=O) groups is 2. The first-order valence-electron chi connectivity index (χ1n) is 8.96. The molecule has 1 saturated carbocycles. The number of rotatable bonds is 6. The lowest BCUT2D eigenvalue weighted by Crippen LogP contribution is -2.39. The molecule has 3 rings (SSSR count). The quantitative estimate of drug-likeness (QED) is 0.734. The third-order valence-corrected chi connectivity index (χ3v) is 4.58. The fourth-order valence-electron chi connectivity index (χ4n) is 2.87. The molecule has 1 fully saturated rings. The number of aryl methyl sites for hydroxylation is 1. The number of aromatic nitrogens is 2. The summed E-state index contributed by atoms with van der Waals surface area (Å²) in [6.45, 7) is 3.59. The van der Waals surface area contributed by atoms with Gasteiger partial charge in [0, 0.05) is 51.5 Å². The number of carboxylic acid groups (broad SMARTS) is 1. The van der Waals surface area contributed by atoms with Crippen LogP contribution in [0, 0.1) is 5.92 Å². The molecule has 28 heavy (non-hydrogen) atoms. The van der Waals surface area contributed by atoms with Crippen molar-refractivity contribution in [2.24, 2.45) is 13.0 Å². The summed E-state index contributed by atoms with van der Waals surface area (Å²) in [5, 5.41) is 14.4. The maximum atomic E-state index is 11.5. The molecule has 0 saturated heterocycles. The lowest BCUT2D eigenvalue weighted by atomic mass is 10.1. The zero-order valence-electron chi connectivity index (χ0n) is 15.9. The van der Waals surface area contributed by atoms with E-state index in [1.165, 1.54) is 24.1 Å². The number of fused-ring (bicyclic) bond motifs is 1. The largest absolute Gasteiger partial charge is 0.490 e. The van der Waals surface area contributed by atoms with Gasteiger partial charge < -0.3 is 15.2 Å². The van der Waals surface area contributed by atoms with Crippen LogP contribution >= 0.6 is 0 Å². The number of nitrogens with one attached hydrogen (secondary N) is 1. The van der Waals surface area contributed by atoms with Crippen LogP contribution in [0.5, 0.6) is 0 Å². The summed E-state index contributed by atoms with van der Waals surface area (Å²) >= 11 is 0. The minimum Gasteiger partial charge on any atom is -0.475 e. The third-order valence-electron chi connectivity index (χ3n) is 4.58. The van der Waals surface area contributed by atoms with E-state index in [9.17, 15) is 18.0 Å². The molecule has 2 heterocycles. The molecule has 8 nitrogen and oxygen atoms in total. The third kappa shape index (κ3) is 6.48. The van der Waals surface area contributed by atoms with E-state index in [-0.39, 0.29) is 5.91 Å². The van der Waals surface area contributed by atoms with E-state index < -0.39 is 12.1 Å². The van der Waals surface area contributed by atoms with Gasteiger partial charge in [0.2, 0.25) is 5.91 Å². The molecular weight excluding hydrogens is 381 g/mol. The summed E-state index contributed by atoms with van der Waals surface area (Å²) < 4.78 is 39.5. The van der Waals surface area contributed by atoms with Gasteiger partial charge in [-0.15, -0.1) is 0 Å². The van der Waals surface area contributed by atoms with Crippen LogP contribution < -0.4 is 5.32 Å². The summed E-state index contributed by atoms with van der Waals surface area (Å²) in [4.78, 5) is 22.6. The SMILES string of the molecule is CNC(=O)CN1CCc2c(c(COCC3CC3)nn2C)C1.O=C(O)C(F)(F)F. The molecule has 1 amide bonds. The smallest absolute Gasteiger partial charge is 0.475 e. The van der Waals surface area contributed by atoms with Gasteiger partial charge in [-0.05, 0) is 18.8 Å². The number of hydrogen-bond donors (Lipinski definition) is 2. The molecule has 11 heteroatoms. The standard InChI is InChI=1S/C15H24N4O2.C2HF3O2/c1-16-15(20)8-19-6-5-14-12(7-19)13(17-18(14)2)10-21-9-11-3-4-11;3-2(4,5)1(6)7/h11H,3-10H2,1-2H3,(H,16,20);(H,6,7). The maximum Gasteiger partial charge on any atom is 0.490 e. The molecule has 0 spiro atoms. The van der Waals surface area contributed by atoms with Crippen molar-refractivity contribution in [3.05, 3.63) is 17.0 Å². The van der Waals surface area contributed by atoms with E-state index in [0.29, 0.717) is 13.2 Å². The van der Waals surface area contributed by atoms with Crippen molar-refractivity contribution < 1.29 is 32.6 Å². The molecule has 0 radical (unpaired) electrons. The summed E-state index contributed by atoms with van der Waals surface area (Å²) in [5.41, 5.74) is 3.58. The molecule has 1 aromatic rings. The average molecular weight is 406 g/mol. The highest BCUT2D eigenvalue weighted by atomic mass is 19.4. The van der Waals surface area contributed by atoms with Crippen molar-refractivity contribution in [3.63, 3.8) is 0 Å². The predicted octanol–water partition coefficient (Wildman–Crippen LogP) is 1.08. The second kappa shape index (κ2) is 9.37. The van der Waals surface area contributed by atoms with Crippen LogP contribution in [0.25, 0.3) is 0 Å². The molecule has 1 aliphatic carbocycles. The topological polar surface area (TPSA) is 96.7 Å². The molecule has 2 aliphatic rings. The summed E-state index contributed by atoms with van der Waals surface area (Å²) in [6.07, 6.45) is -1.53. The van der Waals surface area contributed by atoms with Gasteiger partial charge in [0.1, 0.15) is 0 Å². The van der Waals surface area contributed by atoms with Crippen LogP contribution in [0.4, 0.5) is 13.2 Å². The lowest BCUT2D eigenvalue weighted by Gasteiger charge is -2.26. The minimum absolute atomic E-state index is 0.0638. The van der Waals surface area contributed by atoms with E-state index >= 15 is 0 Å². The van der Waals surface area contributed by atoms with Crippen LogP contribution in [0.2, 0.25) is 0 Å². The van der Waals surface area contributed by atoms with Gasteiger partial charge in [0.25, 0.3) is 0 Å². The van der Waals surface area contributed by atoms with Gasteiger partial charge in [-0.3, -0.25) is 14.4 Å². The molecular formula is C17H25F3N4O4. The minimum atomic E-state index is -5.08. The Hall–Kier alpha value is -2.14. The first kappa shape index (κ1) is 22.2. The van der Waals surface area contributed by atoms with E-state index in [2.05, 4.69) is 15.3 Å². The second-order valence-electron chi connectivity index (χ2n) is 6.89. The highest BCUT2D eigenvalue weighted by molar-refractivity contribution is 5.77. The predicted molar refractivity (Wildman–Crippen MR) is 92.3 cm³/mol. The Morgan fingerprint density at radius 3 is 2.54 bits per heavy atom. The van der Waals surface area contributed by atoms with Crippen LogP contribution in [-0.2, 0) is 40.9 Å². The zero-order chi connectivity index (χ0) is 20.9. The Morgan fingerprint density at radius 1 is 1.36 bits per heavy atom. The van der Waals surface area contributed by atoms with E-state index in [4.69, 9.17) is 14.6 Å². The Kier molecular flexibility index (Phi) is 7.41. The monoisotopic (exact) mass is 406 g/mol. The maximum absolute atomic E-state index is 11.5. The van der Waals surface area contributed by atoms with E-state index in [1.807, 2.05) is 11.7 Å². The van der Waals surface area contributed by atoms with Crippen molar-refractivity contribution in [1.82, 2.24) is 20.0 Å². The highest BCUT2D eigenvalue weighted by Gasteiger charge is 2.38. The van der Waals surface area contributed by atoms with Crippen LogP contribution in [0.3, 0.4) is 0 Å². The number of hydrogen-bond acceptors (Lipinski definition) is 5. The van der Waals surface area contributed by atoms with Crippen LogP contribution in [0.1, 0.15) is 29.8 Å². The Bertz CT molecular complexity index is 701.